The number of nitrogens with zero attached hydrogens (tertiary/aromatic N) is 2. The first-order valence-electron chi connectivity index (χ1n) is 8.12. The molecular weight excluding hydrogens is 328 g/mol. The summed E-state index contributed by atoms with van der Waals surface area (Å²) in [7, 11) is 0. The van der Waals surface area contributed by atoms with Crippen LogP contribution in [-0.4, -0.2) is 21.1 Å². The molecule has 26 heavy (non-hydrogen) atoms. The van der Waals surface area contributed by atoms with Gasteiger partial charge in [0.15, 0.2) is 0 Å². The third-order valence-corrected chi connectivity index (χ3v) is 4.03. The average molecular weight is 344 g/mol. The van der Waals surface area contributed by atoms with E-state index in [1.807, 2.05) is 31.2 Å². The van der Waals surface area contributed by atoms with Crippen LogP contribution in [0.1, 0.15) is 15.9 Å². The second kappa shape index (κ2) is 6.68. The summed E-state index contributed by atoms with van der Waals surface area (Å²) in [5.74, 6) is 1.10. The van der Waals surface area contributed by atoms with E-state index in [9.17, 15) is 4.79 Å². The molecule has 0 saturated heterocycles. The number of fused-ring (bicyclic) bond motifs is 1. The molecule has 0 atom stereocenters. The van der Waals surface area contributed by atoms with Gasteiger partial charge in [-0.05, 0) is 55.0 Å². The number of ether oxygens (including phenoxy) is 1. The van der Waals surface area contributed by atoms with Crippen LogP contribution < -0.4 is 10.1 Å². The van der Waals surface area contributed by atoms with Crippen LogP contribution >= 0.6 is 0 Å². The standard InChI is InChI=1S/C20H16N4O2/c1-13-2-3-14(10-19(13)26-17-6-8-21-9-7-17)20(25)23-16-5-4-15-12-22-24-18(15)11-16/h2-12H,1H3,(H,22,24)(H,23,25). The van der Waals surface area contributed by atoms with Crippen LogP contribution in [0, 0.1) is 6.92 Å². The van der Waals surface area contributed by atoms with Gasteiger partial charge in [-0.15, -0.1) is 0 Å². The van der Waals surface area contributed by atoms with Gasteiger partial charge in [-0.25, -0.2) is 0 Å². The van der Waals surface area contributed by atoms with E-state index in [-0.39, 0.29) is 5.91 Å². The molecule has 0 bridgehead atoms. The molecule has 4 rings (SSSR count). The van der Waals surface area contributed by atoms with Crippen molar-refractivity contribution in [3.8, 4) is 11.5 Å². The fourth-order valence-electron chi connectivity index (χ4n) is 2.60. The summed E-state index contributed by atoms with van der Waals surface area (Å²) in [6.07, 6.45) is 5.06. The zero-order valence-corrected chi connectivity index (χ0v) is 14.1. The van der Waals surface area contributed by atoms with Gasteiger partial charge in [-0.1, -0.05) is 6.07 Å². The Balaban J connectivity index is 1.56. The molecule has 0 fully saturated rings. The maximum atomic E-state index is 12.6. The molecule has 0 unspecified atom stereocenters. The van der Waals surface area contributed by atoms with Gasteiger partial charge in [-0.3, -0.25) is 14.9 Å². The van der Waals surface area contributed by atoms with Crippen LogP contribution in [-0.2, 0) is 0 Å². The number of amides is 1. The van der Waals surface area contributed by atoms with Crippen LogP contribution in [0.5, 0.6) is 11.5 Å². The monoisotopic (exact) mass is 344 g/mol. The SMILES string of the molecule is Cc1ccc(C(=O)Nc2ccc3cn[nH]c3c2)cc1Oc1ccncc1. The summed E-state index contributed by atoms with van der Waals surface area (Å²) in [5, 5.41) is 10.8. The molecule has 1 amide bonds. The fourth-order valence-corrected chi connectivity index (χ4v) is 2.60. The lowest BCUT2D eigenvalue weighted by Gasteiger charge is -2.11. The highest BCUT2D eigenvalue weighted by molar-refractivity contribution is 6.05. The van der Waals surface area contributed by atoms with Crippen LogP contribution in [0.2, 0.25) is 0 Å². The van der Waals surface area contributed by atoms with Crippen molar-refractivity contribution in [1.82, 2.24) is 15.2 Å². The van der Waals surface area contributed by atoms with E-state index in [1.165, 1.54) is 0 Å². The first kappa shape index (κ1) is 15.8. The minimum absolute atomic E-state index is 0.205. The molecule has 0 aliphatic carbocycles. The minimum atomic E-state index is -0.205. The first-order valence-corrected chi connectivity index (χ1v) is 8.12. The highest BCUT2D eigenvalue weighted by Crippen LogP contribution is 2.26. The van der Waals surface area contributed by atoms with E-state index in [4.69, 9.17) is 4.74 Å². The van der Waals surface area contributed by atoms with Crippen LogP contribution in [0.25, 0.3) is 10.9 Å². The number of hydrogen-bond acceptors (Lipinski definition) is 4. The van der Waals surface area contributed by atoms with Gasteiger partial charge in [0, 0.05) is 29.0 Å². The van der Waals surface area contributed by atoms with Crippen molar-refractivity contribution in [3.63, 3.8) is 0 Å². The van der Waals surface area contributed by atoms with Crippen molar-refractivity contribution >= 4 is 22.5 Å². The predicted octanol–water partition coefficient (Wildman–Crippen LogP) is 4.31. The number of carbonyl (C=O) groups excluding carboxylic acids is 1. The largest absolute Gasteiger partial charge is 0.457 e. The molecule has 2 aromatic heterocycles. The Hall–Kier alpha value is -3.67. The normalized spacial score (nSPS) is 10.7. The Kier molecular flexibility index (Phi) is 4.07. The van der Waals surface area contributed by atoms with Crippen LogP contribution in [0.15, 0.2) is 67.1 Å². The van der Waals surface area contributed by atoms with Crippen LogP contribution in [0.4, 0.5) is 5.69 Å². The molecule has 2 N–H and O–H groups in total. The lowest BCUT2D eigenvalue weighted by atomic mass is 10.1. The van der Waals surface area contributed by atoms with E-state index < -0.39 is 0 Å². The lowest BCUT2D eigenvalue weighted by molar-refractivity contribution is 0.102. The molecule has 0 aliphatic rings. The third kappa shape index (κ3) is 3.25. The Morgan fingerprint density at radius 2 is 1.92 bits per heavy atom. The number of H-pyrrole nitrogens is 1. The van der Waals surface area contributed by atoms with Gasteiger partial charge in [-0.2, -0.15) is 5.10 Å². The van der Waals surface area contributed by atoms with E-state index >= 15 is 0 Å². The molecule has 0 radical (unpaired) electrons. The second-order valence-corrected chi connectivity index (χ2v) is 5.89. The number of carbonyl (C=O) groups is 1. The molecule has 0 saturated carbocycles. The molecule has 0 aliphatic heterocycles. The fraction of sp³-hybridized carbons (Fsp3) is 0.0500. The van der Waals surface area contributed by atoms with E-state index in [2.05, 4.69) is 20.5 Å². The average Bonchev–Trinajstić information content (AvgIpc) is 3.12. The van der Waals surface area contributed by atoms with Crippen molar-refractivity contribution < 1.29 is 9.53 Å². The molecule has 2 aromatic carbocycles. The zero-order chi connectivity index (χ0) is 17.9. The molecular formula is C20H16N4O2. The summed E-state index contributed by atoms with van der Waals surface area (Å²) in [5.41, 5.74) is 3.03. The summed E-state index contributed by atoms with van der Waals surface area (Å²) >= 11 is 0. The number of anilines is 1. The molecule has 128 valence electrons. The quantitative estimate of drug-likeness (QED) is 0.578. The number of aryl methyl sites for hydroxylation is 1. The molecule has 4 aromatic rings. The van der Waals surface area contributed by atoms with Gasteiger partial charge in [0.25, 0.3) is 5.91 Å². The number of benzene rings is 2. The highest BCUT2D eigenvalue weighted by atomic mass is 16.5. The first-order chi connectivity index (χ1) is 12.7. The number of nitrogens with one attached hydrogen (secondary N) is 2. The second-order valence-electron chi connectivity index (χ2n) is 5.89. The van der Waals surface area contributed by atoms with Gasteiger partial charge in [0.05, 0.1) is 11.7 Å². The van der Waals surface area contributed by atoms with Crippen molar-refractivity contribution in [2.24, 2.45) is 0 Å². The predicted molar refractivity (Wildman–Crippen MR) is 99.5 cm³/mol. The zero-order valence-electron chi connectivity index (χ0n) is 14.1. The van der Waals surface area contributed by atoms with Gasteiger partial charge in [0.2, 0.25) is 0 Å². The van der Waals surface area contributed by atoms with Gasteiger partial charge < -0.3 is 10.1 Å². The number of aromatic amines is 1. The Morgan fingerprint density at radius 3 is 2.77 bits per heavy atom. The van der Waals surface area contributed by atoms with Gasteiger partial charge >= 0.3 is 0 Å². The minimum Gasteiger partial charge on any atom is -0.457 e. The van der Waals surface area contributed by atoms with Crippen molar-refractivity contribution in [1.29, 1.82) is 0 Å². The third-order valence-electron chi connectivity index (χ3n) is 4.03. The molecule has 0 spiro atoms. The summed E-state index contributed by atoms with van der Waals surface area (Å²) in [6, 6.07) is 14.5. The van der Waals surface area contributed by atoms with E-state index in [0.29, 0.717) is 22.7 Å². The summed E-state index contributed by atoms with van der Waals surface area (Å²) in [4.78, 5) is 16.6. The highest BCUT2D eigenvalue weighted by Gasteiger charge is 2.11. The Morgan fingerprint density at radius 1 is 1.08 bits per heavy atom. The van der Waals surface area contributed by atoms with Crippen molar-refractivity contribution in [2.45, 2.75) is 6.92 Å². The Labute approximate surface area is 149 Å². The maximum absolute atomic E-state index is 12.6. The van der Waals surface area contributed by atoms with Gasteiger partial charge in [0.1, 0.15) is 11.5 Å². The number of hydrogen-bond donors (Lipinski definition) is 2. The topological polar surface area (TPSA) is 79.9 Å². The van der Waals surface area contributed by atoms with Crippen molar-refractivity contribution in [2.75, 3.05) is 5.32 Å². The Bertz CT molecular complexity index is 1070. The number of pyridine rings is 1. The summed E-state index contributed by atoms with van der Waals surface area (Å²) in [6.45, 7) is 1.93. The number of aromatic nitrogens is 3. The molecule has 2 heterocycles. The maximum Gasteiger partial charge on any atom is 0.255 e. The molecule has 6 nitrogen and oxygen atoms in total. The van der Waals surface area contributed by atoms with E-state index in [0.717, 1.165) is 16.5 Å². The van der Waals surface area contributed by atoms with E-state index in [1.54, 1.807) is 42.9 Å². The smallest absolute Gasteiger partial charge is 0.255 e. The molecule has 6 heteroatoms. The van der Waals surface area contributed by atoms with Crippen LogP contribution in [0.3, 0.4) is 0 Å². The lowest BCUT2D eigenvalue weighted by Crippen LogP contribution is -2.12. The number of rotatable bonds is 4. The van der Waals surface area contributed by atoms with Crippen molar-refractivity contribution in [3.05, 3.63) is 78.2 Å². The summed E-state index contributed by atoms with van der Waals surface area (Å²) < 4.78 is 5.86.